The molecule has 2 fully saturated rings. The molecule has 0 bridgehead atoms. The van der Waals surface area contributed by atoms with Crippen LogP contribution in [-0.2, 0) is 17.4 Å². The van der Waals surface area contributed by atoms with Crippen LogP contribution in [0, 0.1) is 5.92 Å². The van der Waals surface area contributed by atoms with E-state index in [4.69, 9.17) is 5.73 Å². The van der Waals surface area contributed by atoms with Crippen molar-refractivity contribution in [2.45, 2.75) is 37.4 Å². The molecule has 1 aromatic heterocycles. The van der Waals surface area contributed by atoms with Crippen LogP contribution in [0.4, 0.5) is 13.2 Å². The van der Waals surface area contributed by atoms with Gasteiger partial charge in [-0.2, -0.15) is 13.2 Å². The van der Waals surface area contributed by atoms with Gasteiger partial charge in [-0.05, 0) is 30.9 Å². The first-order chi connectivity index (χ1) is 10.3. The van der Waals surface area contributed by atoms with Crippen molar-refractivity contribution in [3.05, 3.63) is 29.6 Å². The number of alkyl halides is 3. The Morgan fingerprint density at radius 3 is 2.91 bits per heavy atom. The standard InChI is InChI=1S/C15H18F3N3O/c16-15(17,18)12-5-1-4-11(20-12)7-13(22)21-8-10-3-2-6-14(10,19)9-21/h1,4-5,10H,2-3,6-9,19H2. The number of carbonyl (C=O) groups excluding carboxylic acids is 1. The number of likely N-dealkylation sites (tertiary alicyclic amines) is 1. The zero-order chi connectivity index (χ0) is 16.0. The van der Waals surface area contributed by atoms with Crippen molar-refractivity contribution in [1.29, 1.82) is 0 Å². The molecule has 0 radical (unpaired) electrons. The highest BCUT2D eigenvalue weighted by molar-refractivity contribution is 5.79. The van der Waals surface area contributed by atoms with E-state index in [2.05, 4.69) is 4.98 Å². The van der Waals surface area contributed by atoms with Crippen LogP contribution in [0.15, 0.2) is 18.2 Å². The molecule has 1 saturated carbocycles. The molecular formula is C15H18F3N3O. The van der Waals surface area contributed by atoms with E-state index in [0.29, 0.717) is 19.0 Å². The first-order valence-corrected chi connectivity index (χ1v) is 7.38. The van der Waals surface area contributed by atoms with Crippen LogP contribution in [0.3, 0.4) is 0 Å². The van der Waals surface area contributed by atoms with Crippen LogP contribution in [0.25, 0.3) is 0 Å². The smallest absolute Gasteiger partial charge is 0.340 e. The minimum atomic E-state index is -4.49. The fraction of sp³-hybridized carbons (Fsp3) is 0.600. The van der Waals surface area contributed by atoms with E-state index in [9.17, 15) is 18.0 Å². The van der Waals surface area contributed by atoms with Crippen molar-refractivity contribution in [2.24, 2.45) is 11.7 Å². The molecule has 7 heteroatoms. The van der Waals surface area contributed by atoms with Gasteiger partial charge in [-0.25, -0.2) is 4.98 Å². The normalized spacial score (nSPS) is 28.0. The van der Waals surface area contributed by atoms with Gasteiger partial charge < -0.3 is 10.6 Å². The average Bonchev–Trinajstić information content (AvgIpc) is 2.93. The molecule has 0 aromatic carbocycles. The van der Waals surface area contributed by atoms with Crippen LogP contribution in [0.2, 0.25) is 0 Å². The Balaban J connectivity index is 1.68. The summed E-state index contributed by atoms with van der Waals surface area (Å²) in [7, 11) is 0. The summed E-state index contributed by atoms with van der Waals surface area (Å²) in [5, 5.41) is 0. The Morgan fingerprint density at radius 1 is 1.45 bits per heavy atom. The number of aromatic nitrogens is 1. The zero-order valence-corrected chi connectivity index (χ0v) is 12.1. The van der Waals surface area contributed by atoms with Crippen LogP contribution in [-0.4, -0.2) is 34.4 Å². The Bertz CT molecular complexity index is 590. The van der Waals surface area contributed by atoms with Crippen molar-refractivity contribution in [1.82, 2.24) is 9.88 Å². The Hall–Kier alpha value is -1.63. The van der Waals surface area contributed by atoms with Crippen molar-refractivity contribution in [2.75, 3.05) is 13.1 Å². The summed E-state index contributed by atoms with van der Waals surface area (Å²) in [6.07, 6.45) is -1.61. The van der Waals surface area contributed by atoms with Gasteiger partial charge in [0, 0.05) is 18.6 Å². The van der Waals surface area contributed by atoms with E-state index in [-0.39, 0.29) is 23.6 Å². The van der Waals surface area contributed by atoms with Gasteiger partial charge in [0.1, 0.15) is 5.69 Å². The maximum absolute atomic E-state index is 12.6. The van der Waals surface area contributed by atoms with Gasteiger partial charge in [-0.1, -0.05) is 12.5 Å². The number of hydrogen-bond donors (Lipinski definition) is 1. The lowest BCUT2D eigenvalue weighted by Crippen LogP contribution is -2.45. The van der Waals surface area contributed by atoms with Gasteiger partial charge >= 0.3 is 6.18 Å². The summed E-state index contributed by atoms with van der Waals surface area (Å²) < 4.78 is 37.9. The van der Waals surface area contributed by atoms with E-state index < -0.39 is 11.9 Å². The van der Waals surface area contributed by atoms with Gasteiger partial charge in [0.05, 0.1) is 12.1 Å². The third kappa shape index (κ3) is 2.82. The summed E-state index contributed by atoms with van der Waals surface area (Å²) in [4.78, 5) is 17.5. The molecule has 1 aromatic rings. The molecule has 2 unspecified atom stereocenters. The lowest BCUT2D eigenvalue weighted by Gasteiger charge is -2.23. The van der Waals surface area contributed by atoms with Gasteiger partial charge in [-0.3, -0.25) is 4.79 Å². The topological polar surface area (TPSA) is 59.2 Å². The van der Waals surface area contributed by atoms with Gasteiger partial charge in [-0.15, -0.1) is 0 Å². The summed E-state index contributed by atoms with van der Waals surface area (Å²) in [5.74, 6) is 0.108. The van der Waals surface area contributed by atoms with Gasteiger partial charge in [0.15, 0.2) is 0 Å². The number of nitrogens with zero attached hydrogens (tertiary/aromatic N) is 2. The number of amides is 1. The third-order valence-corrected chi connectivity index (χ3v) is 4.72. The molecule has 1 saturated heterocycles. The lowest BCUT2D eigenvalue weighted by atomic mass is 9.92. The highest BCUT2D eigenvalue weighted by Crippen LogP contribution is 2.39. The monoisotopic (exact) mass is 313 g/mol. The number of pyridine rings is 1. The highest BCUT2D eigenvalue weighted by Gasteiger charge is 2.47. The number of carbonyl (C=O) groups is 1. The molecule has 1 aliphatic carbocycles. The molecule has 2 atom stereocenters. The Kier molecular flexibility index (Phi) is 3.63. The summed E-state index contributed by atoms with van der Waals surface area (Å²) in [6.45, 7) is 1.10. The average molecular weight is 313 g/mol. The predicted molar refractivity (Wildman–Crippen MR) is 73.8 cm³/mol. The minimum absolute atomic E-state index is 0.118. The second kappa shape index (κ2) is 5.22. The van der Waals surface area contributed by atoms with Crippen LogP contribution >= 0.6 is 0 Å². The first kappa shape index (κ1) is 15.3. The molecule has 0 spiro atoms. The molecule has 1 aliphatic heterocycles. The quantitative estimate of drug-likeness (QED) is 0.908. The van der Waals surface area contributed by atoms with E-state index in [1.165, 1.54) is 12.1 Å². The second-order valence-corrected chi connectivity index (χ2v) is 6.29. The summed E-state index contributed by atoms with van der Waals surface area (Å²) in [6, 6.07) is 3.63. The predicted octanol–water partition coefficient (Wildman–Crippen LogP) is 1.98. The SMILES string of the molecule is NC12CCCC1CN(C(=O)Cc1cccc(C(F)(F)F)n1)C2. The molecule has 120 valence electrons. The van der Waals surface area contributed by atoms with Gasteiger partial charge in [0.2, 0.25) is 5.91 Å². The van der Waals surface area contributed by atoms with E-state index >= 15 is 0 Å². The van der Waals surface area contributed by atoms with Crippen LogP contribution in [0.5, 0.6) is 0 Å². The first-order valence-electron chi connectivity index (χ1n) is 7.38. The van der Waals surface area contributed by atoms with Crippen molar-refractivity contribution in [3.63, 3.8) is 0 Å². The van der Waals surface area contributed by atoms with Crippen LogP contribution < -0.4 is 5.73 Å². The van der Waals surface area contributed by atoms with Crippen LogP contribution in [0.1, 0.15) is 30.7 Å². The number of fused-ring (bicyclic) bond motifs is 1. The number of halogens is 3. The van der Waals surface area contributed by atoms with Gasteiger partial charge in [0.25, 0.3) is 0 Å². The summed E-state index contributed by atoms with van der Waals surface area (Å²) in [5.41, 5.74) is 5.18. The Morgan fingerprint density at radius 2 is 2.23 bits per heavy atom. The summed E-state index contributed by atoms with van der Waals surface area (Å²) >= 11 is 0. The minimum Gasteiger partial charge on any atom is -0.340 e. The molecule has 2 heterocycles. The fourth-order valence-electron chi connectivity index (χ4n) is 3.53. The van der Waals surface area contributed by atoms with E-state index in [1.807, 2.05) is 0 Å². The lowest BCUT2D eigenvalue weighted by molar-refractivity contribution is -0.141. The molecular weight excluding hydrogens is 295 g/mol. The second-order valence-electron chi connectivity index (χ2n) is 6.29. The number of hydrogen-bond acceptors (Lipinski definition) is 3. The van der Waals surface area contributed by atoms with E-state index in [1.54, 1.807) is 4.90 Å². The molecule has 1 amide bonds. The maximum atomic E-state index is 12.6. The van der Waals surface area contributed by atoms with Crippen molar-refractivity contribution < 1.29 is 18.0 Å². The molecule has 22 heavy (non-hydrogen) atoms. The molecule has 2 aliphatic rings. The molecule has 3 rings (SSSR count). The number of rotatable bonds is 2. The zero-order valence-electron chi connectivity index (χ0n) is 12.1. The van der Waals surface area contributed by atoms with Crippen molar-refractivity contribution in [3.8, 4) is 0 Å². The number of nitrogens with two attached hydrogens (primary N) is 1. The van der Waals surface area contributed by atoms with E-state index in [0.717, 1.165) is 25.3 Å². The Labute approximate surface area is 126 Å². The van der Waals surface area contributed by atoms with Crippen molar-refractivity contribution >= 4 is 5.91 Å². The third-order valence-electron chi connectivity index (χ3n) is 4.72. The fourth-order valence-corrected chi connectivity index (χ4v) is 3.53. The molecule has 4 nitrogen and oxygen atoms in total. The largest absolute Gasteiger partial charge is 0.433 e. The highest BCUT2D eigenvalue weighted by atomic mass is 19.4. The maximum Gasteiger partial charge on any atom is 0.433 e. The molecule has 2 N–H and O–H groups in total.